The molecule has 2 aromatic carbocycles. The number of hydrogen-bond acceptors (Lipinski definition) is 2. The zero-order valence-electron chi connectivity index (χ0n) is 9.91. The van der Waals surface area contributed by atoms with Crippen LogP contribution in [-0.2, 0) is 0 Å². The van der Waals surface area contributed by atoms with E-state index in [0.717, 1.165) is 4.47 Å². The fourth-order valence-corrected chi connectivity index (χ4v) is 2.05. The second-order valence-corrected chi connectivity index (χ2v) is 5.17. The Balaban J connectivity index is 2.49. The molecule has 0 aliphatic rings. The summed E-state index contributed by atoms with van der Waals surface area (Å²) in [6.07, 6.45) is 0. The summed E-state index contributed by atoms with van der Waals surface area (Å²) < 4.78 is 20.0. The Morgan fingerprint density at radius 1 is 1.32 bits per heavy atom. The molecule has 0 atom stereocenters. The van der Waals surface area contributed by atoms with E-state index in [1.165, 1.54) is 25.1 Å². The third-order valence-corrected chi connectivity index (χ3v) is 3.26. The Morgan fingerprint density at radius 2 is 2.05 bits per heavy atom. The highest BCUT2D eigenvalue weighted by atomic mass is 79.9. The zero-order valence-corrected chi connectivity index (χ0v) is 12.3. The van der Waals surface area contributed by atoms with E-state index in [9.17, 15) is 9.18 Å². The number of ether oxygens (including phenoxy) is 1. The van der Waals surface area contributed by atoms with Gasteiger partial charge >= 0.3 is 0 Å². The standard InChI is InChI=1S/C14H9BrClFO2/c1-8(18)10-3-2-4-12(17)14(10)19-13-7-9(15)5-6-11(13)16/h2-7H,1H3. The summed E-state index contributed by atoms with van der Waals surface area (Å²) in [6, 6.07) is 9.16. The van der Waals surface area contributed by atoms with Gasteiger partial charge < -0.3 is 4.74 Å². The molecule has 0 amide bonds. The Kier molecular flexibility index (Phi) is 4.22. The molecule has 0 aliphatic heterocycles. The number of rotatable bonds is 3. The largest absolute Gasteiger partial charge is 0.452 e. The topological polar surface area (TPSA) is 26.3 Å². The molecule has 0 radical (unpaired) electrons. The van der Waals surface area contributed by atoms with Crippen molar-refractivity contribution in [3.05, 3.63) is 57.3 Å². The van der Waals surface area contributed by atoms with E-state index >= 15 is 0 Å². The lowest BCUT2D eigenvalue weighted by atomic mass is 10.1. The molecule has 2 aromatic rings. The number of para-hydroxylation sites is 1. The van der Waals surface area contributed by atoms with E-state index in [2.05, 4.69) is 15.9 Å². The Labute approximate surface area is 123 Å². The SMILES string of the molecule is CC(=O)c1cccc(F)c1Oc1cc(Br)ccc1Cl. The highest BCUT2D eigenvalue weighted by Gasteiger charge is 2.15. The number of Topliss-reactive ketones (excluding diaryl/α,β-unsaturated/α-hetero) is 1. The molecule has 19 heavy (non-hydrogen) atoms. The van der Waals surface area contributed by atoms with Gasteiger partial charge in [0.2, 0.25) is 0 Å². The van der Waals surface area contributed by atoms with E-state index in [4.69, 9.17) is 16.3 Å². The molecule has 0 heterocycles. The van der Waals surface area contributed by atoms with E-state index in [1.54, 1.807) is 18.2 Å². The van der Waals surface area contributed by atoms with Crippen molar-refractivity contribution in [1.82, 2.24) is 0 Å². The lowest BCUT2D eigenvalue weighted by Crippen LogP contribution is -1.99. The number of ketones is 1. The van der Waals surface area contributed by atoms with Crippen molar-refractivity contribution in [3.8, 4) is 11.5 Å². The molecule has 0 fully saturated rings. The molecular weight excluding hydrogens is 335 g/mol. The van der Waals surface area contributed by atoms with E-state index < -0.39 is 5.82 Å². The van der Waals surface area contributed by atoms with Crippen molar-refractivity contribution in [2.75, 3.05) is 0 Å². The molecule has 0 bridgehead atoms. The van der Waals surface area contributed by atoms with Crippen LogP contribution in [-0.4, -0.2) is 5.78 Å². The summed E-state index contributed by atoms with van der Waals surface area (Å²) in [5, 5.41) is 0.334. The van der Waals surface area contributed by atoms with Gasteiger partial charge in [0.05, 0.1) is 10.6 Å². The first kappa shape index (κ1) is 14.0. The van der Waals surface area contributed by atoms with Gasteiger partial charge in [-0.15, -0.1) is 0 Å². The van der Waals surface area contributed by atoms with Crippen LogP contribution in [0.3, 0.4) is 0 Å². The van der Waals surface area contributed by atoms with Crippen LogP contribution in [0.5, 0.6) is 11.5 Å². The van der Waals surface area contributed by atoms with Gasteiger partial charge in [-0.25, -0.2) is 4.39 Å². The predicted molar refractivity (Wildman–Crippen MR) is 75.6 cm³/mol. The van der Waals surface area contributed by atoms with E-state index in [1.807, 2.05) is 0 Å². The Hall–Kier alpha value is -1.39. The van der Waals surface area contributed by atoms with Crippen LogP contribution in [0.2, 0.25) is 5.02 Å². The normalized spacial score (nSPS) is 10.3. The monoisotopic (exact) mass is 342 g/mol. The van der Waals surface area contributed by atoms with Gasteiger partial charge in [0.1, 0.15) is 5.75 Å². The highest BCUT2D eigenvalue weighted by Crippen LogP contribution is 2.35. The molecular formula is C14H9BrClFO2. The maximum Gasteiger partial charge on any atom is 0.173 e. The van der Waals surface area contributed by atoms with Gasteiger partial charge in [0, 0.05) is 4.47 Å². The first-order valence-electron chi connectivity index (χ1n) is 5.41. The number of benzene rings is 2. The van der Waals surface area contributed by atoms with E-state index in [-0.39, 0.29) is 22.8 Å². The van der Waals surface area contributed by atoms with Gasteiger partial charge in [0.15, 0.2) is 17.3 Å². The molecule has 2 nitrogen and oxygen atoms in total. The van der Waals surface area contributed by atoms with Crippen molar-refractivity contribution in [2.24, 2.45) is 0 Å². The summed E-state index contributed by atoms with van der Waals surface area (Å²) in [6.45, 7) is 1.35. The summed E-state index contributed by atoms with van der Waals surface area (Å²) in [5.74, 6) is -0.719. The average molecular weight is 344 g/mol. The minimum atomic E-state index is -0.608. The van der Waals surface area contributed by atoms with Crippen LogP contribution in [0, 0.1) is 5.82 Å². The molecule has 0 N–H and O–H groups in total. The van der Waals surface area contributed by atoms with Crippen molar-refractivity contribution < 1.29 is 13.9 Å². The second-order valence-electron chi connectivity index (χ2n) is 3.85. The third kappa shape index (κ3) is 3.14. The van der Waals surface area contributed by atoms with Gasteiger partial charge in [-0.05, 0) is 37.3 Å². The molecule has 98 valence electrons. The maximum absolute atomic E-state index is 13.8. The fraction of sp³-hybridized carbons (Fsp3) is 0.0714. The van der Waals surface area contributed by atoms with Crippen molar-refractivity contribution in [3.63, 3.8) is 0 Å². The van der Waals surface area contributed by atoms with Crippen LogP contribution in [0.25, 0.3) is 0 Å². The lowest BCUT2D eigenvalue weighted by Gasteiger charge is -2.11. The second kappa shape index (κ2) is 5.72. The lowest BCUT2D eigenvalue weighted by molar-refractivity contribution is 0.101. The molecule has 0 aliphatic carbocycles. The van der Waals surface area contributed by atoms with E-state index in [0.29, 0.717) is 5.02 Å². The van der Waals surface area contributed by atoms with Gasteiger partial charge in [-0.2, -0.15) is 0 Å². The summed E-state index contributed by atoms with van der Waals surface area (Å²) in [7, 11) is 0. The number of hydrogen-bond donors (Lipinski definition) is 0. The van der Waals surface area contributed by atoms with Gasteiger partial charge in [-0.1, -0.05) is 33.6 Å². The van der Waals surface area contributed by atoms with Gasteiger partial charge in [0.25, 0.3) is 0 Å². The van der Waals surface area contributed by atoms with Crippen molar-refractivity contribution >= 4 is 33.3 Å². The number of carbonyl (C=O) groups excluding carboxylic acids is 1. The zero-order chi connectivity index (χ0) is 14.0. The van der Waals surface area contributed by atoms with Crippen molar-refractivity contribution in [1.29, 1.82) is 0 Å². The first-order valence-corrected chi connectivity index (χ1v) is 6.58. The number of carbonyl (C=O) groups is 1. The number of halogens is 3. The minimum Gasteiger partial charge on any atom is -0.452 e. The molecule has 0 saturated carbocycles. The Bertz CT molecular complexity index is 643. The van der Waals surface area contributed by atoms with Crippen LogP contribution in [0.1, 0.15) is 17.3 Å². The molecule has 2 rings (SSSR count). The van der Waals surface area contributed by atoms with Crippen LogP contribution >= 0.6 is 27.5 Å². The van der Waals surface area contributed by atoms with Crippen LogP contribution in [0.4, 0.5) is 4.39 Å². The molecule has 0 saturated heterocycles. The highest BCUT2D eigenvalue weighted by molar-refractivity contribution is 9.10. The van der Waals surface area contributed by atoms with Crippen LogP contribution < -0.4 is 4.74 Å². The smallest absolute Gasteiger partial charge is 0.173 e. The summed E-state index contributed by atoms with van der Waals surface area (Å²) in [5.41, 5.74) is 0.177. The maximum atomic E-state index is 13.8. The minimum absolute atomic E-state index is 0.116. The predicted octanol–water partition coefficient (Wildman–Crippen LogP) is 5.24. The summed E-state index contributed by atoms with van der Waals surface area (Å²) >= 11 is 9.25. The molecule has 5 heteroatoms. The summed E-state index contributed by atoms with van der Waals surface area (Å²) in [4.78, 5) is 11.5. The molecule has 0 spiro atoms. The molecule has 0 unspecified atom stereocenters. The fourth-order valence-electron chi connectivity index (χ4n) is 1.56. The van der Waals surface area contributed by atoms with Gasteiger partial charge in [-0.3, -0.25) is 4.79 Å². The first-order chi connectivity index (χ1) is 8.99. The van der Waals surface area contributed by atoms with Crippen LogP contribution in [0.15, 0.2) is 40.9 Å². The third-order valence-electron chi connectivity index (χ3n) is 2.45. The molecule has 0 aromatic heterocycles. The quantitative estimate of drug-likeness (QED) is 0.713. The Morgan fingerprint density at radius 3 is 2.74 bits per heavy atom. The average Bonchev–Trinajstić information content (AvgIpc) is 2.35. The van der Waals surface area contributed by atoms with Crippen molar-refractivity contribution in [2.45, 2.75) is 6.92 Å².